The van der Waals surface area contributed by atoms with Gasteiger partial charge in [0.2, 0.25) is 0 Å². The molecule has 1 aliphatic rings. The SMILES string of the molecule is COCC1(O)CC1. The molecule has 42 valence electrons. The predicted octanol–water partition coefficient (Wildman–Crippen LogP) is 0.158. The van der Waals surface area contributed by atoms with E-state index in [0.717, 1.165) is 12.8 Å². The summed E-state index contributed by atoms with van der Waals surface area (Å²) in [6, 6.07) is 0. The summed E-state index contributed by atoms with van der Waals surface area (Å²) in [5, 5.41) is 9.00. The highest BCUT2D eigenvalue weighted by atomic mass is 16.5. The minimum Gasteiger partial charge on any atom is -0.387 e. The van der Waals surface area contributed by atoms with Gasteiger partial charge in [-0.1, -0.05) is 0 Å². The summed E-state index contributed by atoms with van der Waals surface area (Å²) in [5.74, 6) is 0. The normalized spacial score (nSPS) is 24.9. The average molecular weight is 102 g/mol. The Morgan fingerprint density at radius 1 is 1.71 bits per heavy atom. The molecule has 0 heterocycles. The predicted molar refractivity (Wildman–Crippen MR) is 26.1 cm³/mol. The van der Waals surface area contributed by atoms with E-state index < -0.39 is 5.60 Å². The van der Waals surface area contributed by atoms with E-state index in [1.807, 2.05) is 0 Å². The smallest absolute Gasteiger partial charge is 0.0882 e. The number of hydrogen-bond donors (Lipinski definition) is 1. The molecule has 0 unspecified atom stereocenters. The van der Waals surface area contributed by atoms with E-state index in [1.54, 1.807) is 7.11 Å². The van der Waals surface area contributed by atoms with Crippen molar-refractivity contribution in [3.05, 3.63) is 0 Å². The maximum atomic E-state index is 9.00. The van der Waals surface area contributed by atoms with Gasteiger partial charge in [0.15, 0.2) is 0 Å². The first-order valence-corrected chi connectivity index (χ1v) is 2.48. The van der Waals surface area contributed by atoms with Gasteiger partial charge in [-0.05, 0) is 12.8 Å². The molecule has 1 fully saturated rings. The van der Waals surface area contributed by atoms with Crippen LogP contribution in [-0.4, -0.2) is 24.4 Å². The third-order valence-corrected chi connectivity index (χ3v) is 1.24. The highest BCUT2D eigenvalue weighted by Gasteiger charge is 2.39. The molecule has 0 aliphatic heterocycles. The fourth-order valence-corrected chi connectivity index (χ4v) is 0.557. The molecule has 0 amide bonds. The van der Waals surface area contributed by atoms with Crippen LogP contribution in [0.15, 0.2) is 0 Å². The van der Waals surface area contributed by atoms with Crippen LogP contribution < -0.4 is 0 Å². The van der Waals surface area contributed by atoms with Crippen LogP contribution in [-0.2, 0) is 4.74 Å². The number of aliphatic hydroxyl groups is 1. The lowest BCUT2D eigenvalue weighted by molar-refractivity contribution is 0.0461. The zero-order valence-electron chi connectivity index (χ0n) is 4.48. The van der Waals surface area contributed by atoms with E-state index >= 15 is 0 Å². The first-order valence-electron chi connectivity index (χ1n) is 2.48. The Labute approximate surface area is 43.1 Å². The molecule has 0 spiro atoms. The molecular weight excluding hydrogens is 92.1 g/mol. The second-order valence-corrected chi connectivity index (χ2v) is 2.16. The second kappa shape index (κ2) is 1.46. The second-order valence-electron chi connectivity index (χ2n) is 2.16. The zero-order chi connectivity index (χ0) is 5.33. The molecule has 2 heteroatoms. The van der Waals surface area contributed by atoms with Crippen molar-refractivity contribution in [3.8, 4) is 0 Å². The van der Waals surface area contributed by atoms with Crippen LogP contribution in [0.3, 0.4) is 0 Å². The van der Waals surface area contributed by atoms with Crippen LogP contribution in [0.4, 0.5) is 0 Å². The lowest BCUT2D eigenvalue weighted by Gasteiger charge is -2.01. The van der Waals surface area contributed by atoms with Gasteiger partial charge in [-0.25, -0.2) is 0 Å². The Morgan fingerprint density at radius 2 is 2.29 bits per heavy atom. The lowest BCUT2D eigenvalue weighted by atomic mass is 10.4. The average Bonchev–Trinajstić information content (AvgIpc) is 2.22. The van der Waals surface area contributed by atoms with E-state index in [-0.39, 0.29) is 0 Å². The Bertz CT molecular complexity index is 66.5. The van der Waals surface area contributed by atoms with Crippen molar-refractivity contribution in [1.29, 1.82) is 0 Å². The van der Waals surface area contributed by atoms with E-state index in [0.29, 0.717) is 6.61 Å². The summed E-state index contributed by atoms with van der Waals surface area (Å²) in [7, 11) is 1.61. The summed E-state index contributed by atoms with van der Waals surface area (Å²) < 4.78 is 4.72. The van der Waals surface area contributed by atoms with E-state index in [4.69, 9.17) is 9.84 Å². The van der Waals surface area contributed by atoms with E-state index in [9.17, 15) is 0 Å². The molecule has 0 aromatic heterocycles. The fraction of sp³-hybridized carbons (Fsp3) is 1.00. The Morgan fingerprint density at radius 3 is 2.43 bits per heavy atom. The van der Waals surface area contributed by atoms with Gasteiger partial charge in [-0.2, -0.15) is 0 Å². The van der Waals surface area contributed by atoms with Crippen molar-refractivity contribution in [1.82, 2.24) is 0 Å². The molecule has 0 radical (unpaired) electrons. The van der Waals surface area contributed by atoms with Gasteiger partial charge >= 0.3 is 0 Å². The largest absolute Gasteiger partial charge is 0.387 e. The highest BCUT2D eigenvalue weighted by molar-refractivity contribution is 4.92. The van der Waals surface area contributed by atoms with Crippen LogP contribution in [0.2, 0.25) is 0 Å². The van der Waals surface area contributed by atoms with Crippen LogP contribution in [0.5, 0.6) is 0 Å². The maximum absolute atomic E-state index is 9.00. The molecule has 0 saturated heterocycles. The number of hydrogen-bond acceptors (Lipinski definition) is 2. The first kappa shape index (κ1) is 5.06. The van der Waals surface area contributed by atoms with E-state index in [1.165, 1.54) is 0 Å². The third-order valence-electron chi connectivity index (χ3n) is 1.24. The first-order chi connectivity index (χ1) is 3.27. The van der Waals surface area contributed by atoms with Gasteiger partial charge in [-0.3, -0.25) is 0 Å². The molecule has 7 heavy (non-hydrogen) atoms. The van der Waals surface area contributed by atoms with Gasteiger partial charge < -0.3 is 9.84 Å². The van der Waals surface area contributed by atoms with Crippen LogP contribution in [0.1, 0.15) is 12.8 Å². The molecule has 0 bridgehead atoms. The van der Waals surface area contributed by atoms with Crippen LogP contribution >= 0.6 is 0 Å². The lowest BCUT2D eigenvalue weighted by Crippen LogP contribution is -2.13. The summed E-state index contributed by atoms with van der Waals surface area (Å²) in [4.78, 5) is 0. The van der Waals surface area contributed by atoms with Crippen molar-refractivity contribution in [3.63, 3.8) is 0 Å². The maximum Gasteiger partial charge on any atom is 0.0882 e. The van der Waals surface area contributed by atoms with Gasteiger partial charge in [0.25, 0.3) is 0 Å². The molecule has 0 aromatic rings. The Balaban J connectivity index is 2.13. The summed E-state index contributed by atoms with van der Waals surface area (Å²) in [5.41, 5.74) is -0.422. The Kier molecular flexibility index (Phi) is 1.05. The minimum absolute atomic E-state index is 0.422. The van der Waals surface area contributed by atoms with Crippen LogP contribution in [0, 0.1) is 0 Å². The number of rotatable bonds is 2. The number of ether oxygens (including phenoxy) is 1. The third kappa shape index (κ3) is 1.14. The molecule has 1 aliphatic carbocycles. The van der Waals surface area contributed by atoms with Gasteiger partial charge in [-0.15, -0.1) is 0 Å². The topological polar surface area (TPSA) is 29.5 Å². The Hall–Kier alpha value is -0.0800. The van der Waals surface area contributed by atoms with Crippen molar-refractivity contribution < 1.29 is 9.84 Å². The van der Waals surface area contributed by atoms with Gasteiger partial charge in [0, 0.05) is 7.11 Å². The molecular formula is C5H10O2. The molecule has 1 saturated carbocycles. The minimum atomic E-state index is -0.422. The molecule has 0 atom stereocenters. The highest BCUT2D eigenvalue weighted by Crippen LogP contribution is 2.34. The van der Waals surface area contributed by atoms with Crippen molar-refractivity contribution >= 4 is 0 Å². The molecule has 1 N–H and O–H groups in total. The molecule has 2 nitrogen and oxygen atoms in total. The zero-order valence-corrected chi connectivity index (χ0v) is 4.48. The van der Waals surface area contributed by atoms with Crippen molar-refractivity contribution in [2.45, 2.75) is 18.4 Å². The monoisotopic (exact) mass is 102 g/mol. The molecule has 1 rings (SSSR count). The van der Waals surface area contributed by atoms with Gasteiger partial charge in [0.1, 0.15) is 0 Å². The van der Waals surface area contributed by atoms with Gasteiger partial charge in [0.05, 0.1) is 12.2 Å². The van der Waals surface area contributed by atoms with Crippen molar-refractivity contribution in [2.75, 3.05) is 13.7 Å². The van der Waals surface area contributed by atoms with Crippen LogP contribution in [0.25, 0.3) is 0 Å². The number of methoxy groups -OCH3 is 1. The quantitative estimate of drug-likeness (QED) is 0.538. The summed E-state index contributed by atoms with van der Waals surface area (Å²) in [6.07, 6.45) is 1.84. The molecule has 0 aromatic carbocycles. The summed E-state index contributed by atoms with van der Waals surface area (Å²) >= 11 is 0. The standard InChI is InChI=1S/C5H10O2/c1-7-4-5(6)2-3-5/h6H,2-4H2,1H3. The summed E-state index contributed by atoms with van der Waals surface area (Å²) in [6.45, 7) is 0.507. The van der Waals surface area contributed by atoms with Crippen molar-refractivity contribution in [2.24, 2.45) is 0 Å². The van der Waals surface area contributed by atoms with E-state index in [2.05, 4.69) is 0 Å². The fourth-order valence-electron chi connectivity index (χ4n) is 0.557.